The van der Waals surface area contributed by atoms with Crippen molar-refractivity contribution in [2.45, 2.75) is 25.3 Å². The van der Waals surface area contributed by atoms with E-state index in [1.807, 2.05) is 0 Å². The Labute approximate surface area is 173 Å². The average Bonchev–Trinajstić information content (AvgIpc) is 2.71. The van der Waals surface area contributed by atoms with E-state index in [1.165, 1.54) is 12.1 Å². The monoisotopic (exact) mass is 438 g/mol. The molecule has 3 rings (SSSR count). The summed E-state index contributed by atoms with van der Waals surface area (Å²) in [6.07, 6.45) is -8.26. The van der Waals surface area contributed by atoms with Crippen LogP contribution in [0.3, 0.4) is 0 Å². The Morgan fingerprint density at radius 3 is 2.03 bits per heavy atom. The van der Waals surface area contributed by atoms with E-state index in [4.69, 9.17) is 0 Å². The largest absolute Gasteiger partial charge is 0.418 e. The zero-order valence-corrected chi connectivity index (χ0v) is 16.1. The van der Waals surface area contributed by atoms with Gasteiger partial charge in [0.15, 0.2) is 0 Å². The fraction of sp³-hybridized carbons (Fsp3) is 0.182. The fourth-order valence-electron chi connectivity index (χ4n) is 2.98. The van der Waals surface area contributed by atoms with Gasteiger partial charge >= 0.3 is 12.4 Å². The van der Waals surface area contributed by atoms with Crippen LogP contribution in [-0.2, 0) is 12.4 Å². The number of alkyl halides is 6. The zero-order chi connectivity index (χ0) is 22.8. The molecule has 0 fully saturated rings. The molecule has 1 N–H and O–H groups in total. The SMILES string of the molecule is Cc1ccc(C(=O)NC(c2ccc(C(F)(F)F)cc2)c2ncccc2C(F)(F)F)cc1. The fourth-order valence-corrected chi connectivity index (χ4v) is 2.98. The quantitative estimate of drug-likeness (QED) is 0.512. The van der Waals surface area contributed by atoms with Crippen LogP contribution in [0.15, 0.2) is 66.9 Å². The van der Waals surface area contributed by atoms with Gasteiger partial charge in [0, 0.05) is 11.8 Å². The van der Waals surface area contributed by atoms with Gasteiger partial charge in [0.2, 0.25) is 0 Å². The summed E-state index contributed by atoms with van der Waals surface area (Å²) >= 11 is 0. The highest BCUT2D eigenvalue weighted by Crippen LogP contribution is 2.36. The molecule has 1 atom stereocenters. The highest BCUT2D eigenvalue weighted by Gasteiger charge is 2.37. The Hall–Kier alpha value is -3.36. The molecule has 3 aromatic rings. The first-order valence-electron chi connectivity index (χ1n) is 9.03. The molecule has 31 heavy (non-hydrogen) atoms. The number of amides is 1. The lowest BCUT2D eigenvalue weighted by Crippen LogP contribution is -2.31. The van der Waals surface area contributed by atoms with Crippen LogP contribution in [-0.4, -0.2) is 10.9 Å². The van der Waals surface area contributed by atoms with Gasteiger partial charge in [0.1, 0.15) is 0 Å². The maximum absolute atomic E-state index is 13.5. The number of carbonyl (C=O) groups excluding carboxylic acids is 1. The molecule has 1 unspecified atom stereocenters. The van der Waals surface area contributed by atoms with Crippen molar-refractivity contribution in [3.05, 3.63) is 100 Å². The molecule has 0 bridgehead atoms. The lowest BCUT2D eigenvalue weighted by atomic mass is 9.97. The highest BCUT2D eigenvalue weighted by molar-refractivity contribution is 5.94. The molecule has 0 aliphatic carbocycles. The predicted octanol–water partition coefficient (Wildman–Crippen LogP) is 5.95. The van der Waals surface area contributed by atoms with Crippen molar-refractivity contribution >= 4 is 5.91 Å². The van der Waals surface area contributed by atoms with Crippen molar-refractivity contribution in [1.82, 2.24) is 10.3 Å². The predicted molar refractivity (Wildman–Crippen MR) is 101 cm³/mol. The number of nitrogens with zero attached hydrogens (tertiary/aromatic N) is 1. The van der Waals surface area contributed by atoms with Gasteiger partial charge in [-0.15, -0.1) is 0 Å². The average molecular weight is 438 g/mol. The molecule has 9 heteroatoms. The molecule has 2 aromatic carbocycles. The molecule has 0 aliphatic heterocycles. The van der Waals surface area contributed by atoms with Crippen LogP contribution in [0, 0.1) is 6.92 Å². The van der Waals surface area contributed by atoms with Gasteiger partial charge in [0.05, 0.1) is 22.9 Å². The second-order valence-corrected chi connectivity index (χ2v) is 6.83. The smallest absolute Gasteiger partial charge is 0.340 e. The van der Waals surface area contributed by atoms with E-state index in [0.29, 0.717) is 0 Å². The van der Waals surface area contributed by atoms with Crippen LogP contribution in [0.25, 0.3) is 0 Å². The third-order valence-corrected chi connectivity index (χ3v) is 4.58. The summed E-state index contributed by atoms with van der Waals surface area (Å²) in [5, 5.41) is 2.47. The summed E-state index contributed by atoms with van der Waals surface area (Å²) in [7, 11) is 0. The lowest BCUT2D eigenvalue weighted by molar-refractivity contribution is -0.139. The van der Waals surface area contributed by atoms with Crippen molar-refractivity contribution in [2.24, 2.45) is 0 Å². The number of benzene rings is 2. The molecule has 1 heterocycles. The minimum atomic E-state index is -4.78. The Balaban J connectivity index is 2.07. The minimum absolute atomic E-state index is 0.0256. The van der Waals surface area contributed by atoms with Gasteiger partial charge in [-0.3, -0.25) is 9.78 Å². The first-order chi connectivity index (χ1) is 14.5. The first kappa shape index (κ1) is 22.3. The molecule has 0 saturated heterocycles. The lowest BCUT2D eigenvalue weighted by Gasteiger charge is -2.23. The molecular formula is C22H16F6N2O. The number of aromatic nitrogens is 1. The normalized spacial score (nSPS) is 13.0. The topological polar surface area (TPSA) is 42.0 Å². The van der Waals surface area contributed by atoms with Gasteiger partial charge in [0.25, 0.3) is 5.91 Å². The van der Waals surface area contributed by atoms with Gasteiger partial charge in [-0.1, -0.05) is 29.8 Å². The molecule has 162 valence electrons. The summed E-state index contributed by atoms with van der Waals surface area (Å²) < 4.78 is 79.3. The molecule has 3 nitrogen and oxygen atoms in total. The number of hydrogen-bond donors (Lipinski definition) is 1. The zero-order valence-electron chi connectivity index (χ0n) is 16.1. The molecule has 0 saturated carbocycles. The van der Waals surface area contributed by atoms with Crippen LogP contribution < -0.4 is 5.32 Å². The van der Waals surface area contributed by atoms with E-state index < -0.39 is 41.1 Å². The van der Waals surface area contributed by atoms with E-state index in [-0.39, 0.29) is 11.1 Å². The second-order valence-electron chi connectivity index (χ2n) is 6.83. The van der Waals surface area contributed by atoms with E-state index >= 15 is 0 Å². The molecule has 0 radical (unpaired) electrons. The van der Waals surface area contributed by atoms with Crippen molar-refractivity contribution in [1.29, 1.82) is 0 Å². The van der Waals surface area contributed by atoms with Gasteiger partial charge in [-0.05, 0) is 48.9 Å². The summed E-state index contributed by atoms with van der Waals surface area (Å²) in [6.45, 7) is 1.80. The van der Waals surface area contributed by atoms with Crippen LogP contribution in [0.1, 0.15) is 44.3 Å². The number of rotatable bonds is 4. The Morgan fingerprint density at radius 1 is 0.871 bits per heavy atom. The van der Waals surface area contributed by atoms with Crippen LogP contribution in [0.2, 0.25) is 0 Å². The van der Waals surface area contributed by atoms with Crippen LogP contribution in [0.5, 0.6) is 0 Å². The summed E-state index contributed by atoms with van der Waals surface area (Å²) in [4.78, 5) is 16.5. The van der Waals surface area contributed by atoms with Crippen molar-refractivity contribution < 1.29 is 31.1 Å². The number of nitrogens with one attached hydrogen (secondary N) is 1. The van der Waals surface area contributed by atoms with Crippen LogP contribution >= 0.6 is 0 Å². The summed E-state index contributed by atoms with van der Waals surface area (Å²) in [6, 6.07) is 10.3. The summed E-state index contributed by atoms with van der Waals surface area (Å²) in [5.74, 6) is -0.691. The second kappa shape index (κ2) is 8.41. The number of aryl methyl sites for hydroxylation is 1. The number of halogens is 6. The first-order valence-corrected chi connectivity index (χ1v) is 9.03. The maximum atomic E-state index is 13.5. The number of hydrogen-bond acceptors (Lipinski definition) is 2. The number of carbonyl (C=O) groups is 1. The molecule has 1 aromatic heterocycles. The van der Waals surface area contributed by atoms with Gasteiger partial charge in [-0.2, -0.15) is 26.3 Å². The highest BCUT2D eigenvalue weighted by atomic mass is 19.4. The van der Waals surface area contributed by atoms with Gasteiger partial charge < -0.3 is 5.32 Å². The van der Waals surface area contributed by atoms with E-state index in [1.54, 1.807) is 19.1 Å². The van der Waals surface area contributed by atoms with Gasteiger partial charge in [-0.25, -0.2) is 0 Å². The Kier molecular flexibility index (Phi) is 6.06. The maximum Gasteiger partial charge on any atom is 0.418 e. The third kappa shape index (κ3) is 5.22. The van der Waals surface area contributed by atoms with Crippen molar-refractivity contribution in [3.63, 3.8) is 0 Å². The summed E-state index contributed by atoms with van der Waals surface area (Å²) in [5.41, 5.74) is -1.49. The van der Waals surface area contributed by atoms with Crippen LogP contribution in [0.4, 0.5) is 26.3 Å². The molecule has 0 aliphatic rings. The van der Waals surface area contributed by atoms with Crippen molar-refractivity contribution in [3.8, 4) is 0 Å². The molecule has 1 amide bonds. The van der Waals surface area contributed by atoms with Crippen molar-refractivity contribution in [2.75, 3.05) is 0 Å². The minimum Gasteiger partial charge on any atom is -0.340 e. The molecule has 0 spiro atoms. The number of pyridine rings is 1. The standard InChI is InChI=1S/C22H16F6N2O/c1-13-4-6-15(7-5-13)20(31)30-18(14-8-10-16(11-9-14)21(23,24)25)19-17(22(26,27)28)3-2-12-29-19/h2-12,18H,1H3,(H,30,31). The third-order valence-electron chi connectivity index (χ3n) is 4.58. The Bertz CT molecular complexity index is 1060. The van der Waals surface area contributed by atoms with E-state index in [2.05, 4.69) is 10.3 Å². The molecular weight excluding hydrogens is 422 g/mol. The van der Waals surface area contributed by atoms with E-state index in [9.17, 15) is 31.1 Å². The Morgan fingerprint density at radius 2 is 1.48 bits per heavy atom. The van der Waals surface area contributed by atoms with E-state index in [0.717, 1.165) is 48.2 Å².